The van der Waals surface area contributed by atoms with Gasteiger partial charge in [0.05, 0.1) is 39.4 Å². The summed E-state index contributed by atoms with van der Waals surface area (Å²) in [7, 11) is 4.74. The number of carbonyl (C=O) groups excluding carboxylic acids is 1. The van der Waals surface area contributed by atoms with Crippen molar-refractivity contribution in [2.24, 2.45) is 5.92 Å². The number of hydrogen-bond donors (Lipinski definition) is 2. The Morgan fingerprint density at radius 3 is 2.14 bits per heavy atom. The fraction of sp³-hybridized carbons (Fsp3) is 0.500. The quantitative estimate of drug-likeness (QED) is 0.818. The molecule has 1 aliphatic heterocycles. The van der Waals surface area contributed by atoms with Gasteiger partial charge in [-0.2, -0.15) is 0 Å². The molecule has 7 heteroatoms. The van der Waals surface area contributed by atoms with Gasteiger partial charge in [0.2, 0.25) is 5.91 Å². The van der Waals surface area contributed by atoms with Crippen molar-refractivity contribution in [3.63, 3.8) is 0 Å². The minimum Gasteiger partial charge on any atom is -0.496 e. The van der Waals surface area contributed by atoms with Crippen LogP contribution in [0.15, 0.2) is 12.1 Å². The second-order valence-corrected chi connectivity index (χ2v) is 4.58. The van der Waals surface area contributed by atoms with Crippen molar-refractivity contribution < 1.29 is 19.0 Å². The number of amides is 1. The maximum Gasteiger partial charge on any atom is 0.225 e. The van der Waals surface area contributed by atoms with Crippen molar-refractivity contribution >= 4 is 18.3 Å². The molecule has 0 aromatic heterocycles. The Hall–Kier alpha value is -1.66. The summed E-state index contributed by atoms with van der Waals surface area (Å²) >= 11 is 0. The molecule has 1 aromatic rings. The fourth-order valence-corrected chi connectivity index (χ4v) is 2.05. The molecule has 21 heavy (non-hydrogen) atoms. The van der Waals surface area contributed by atoms with Gasteiger partial charge in [0.25, 0.3) is 0 Å². The molecule has 0 radical (unpaired) electrons. The Kier molecular flexibility index (Phi) is 6.58. The smallest absolute Gasteiger partial charge is 0.225 e. The third kappa shape index (κ3) is 3.92. The van der Waals surface area contributed by atoms with Crippen LogP contribution in [0.3, 0.4) is 0 Å². The minimum atomic E-state index is 0. The molecule has 1 aliphatic rings. The Bertz CT molecular complexity index is 467. The third-order valence-corrected chi connectivity index (χ3v) is 3.41. The summed E-state index contributed by atoms with van der Waals surface area (Å²) in [5.74, 6) is 2.02. The van der Waals surface area contributed by atoms with Crippen LogP contribution in [0.25, 0.3) is 0 Å². The number of ether oxygens (including phenoxy) is 3. The lowest BCUT2D eigenvalue weighted by atomic mass is 10.0. The van der Waals surface area contributed by atoms with Crippen LogP contribution in [0.1, 0.15) is 5.56 Å². The molecule has 1 saturated heterocycles. The predicted octanol–water partition coefficient (Wildman–Crippen LogP) is 0.970. The van der Waals surface area contributed by atoms with Crippen molar-refractivity contribution in [1.82, 2.24) is 10.6 Å². The molecule has 0 unspecified atom stereocenters. The number of methoxy groups -OCH3 is 3. The van der Waals surface area contributed by atoms with Gasteiger partial charge in [-0.15, -0.1) is 12.4 Å². The molecule has 1 heterocycles. The summed E-state index contributed by atoms with van der Waals surface area (Å²) in [6.45, 7) is 1.84. The van der Waals surface area contributed by atoms with E-state index < -0.39 is 0 Å². The zero-order valence-corrected chi connectivity index (χ0v) is 13.2. The first-order chi connectivity index (χ1) is 9.69. The molecule has 2 rings (SSSR count). The van der Waals surface area contributed by atoms with E-state index in [1.54, 1.807) is 33.5 Å². The van der Waals surface area contributed by atoms with Crippen LogP contribution in [0.4, 0.5) is 0 Å². The molecule has 0 saturated carbocycles. The van der Waals surface area contributed by atoms with E-state index in [9.17, 15) is 4.79 Å². The van der Waals surface area contributed by atoms with Crippen molar-refractivity contribution in [3.8, 4) is 17.2 Å². The van der Waals surface area contributed by atoms with E-state index in [0.717, 1.165) is 18.7 Å². The van der Waals surface area contributed by atoms with Crippen molar-refractivity contribution in [3.05, 3.63) is 17.7 Å². The van der Waals surface area contributed by atoms with Gasteiger partial charge in [-0.05, 0) is 0 Å². The van der Waals surface area contributed by atoms with Crippen molar-refractivity contribution in [1.29, 1.82) is 0 Å². The maximum atomic E-state index is 11.9. The predicted molar refractivity (Wildman–Crippen MR) is 81.6 cm³/mol. The Labute approximate surface area is 130 Å². The van der Waals surface area contributed by atoms with Gasteiger partial charge in [0.1, 0.15) is 17.2 Å². The van der Waals surface area contributed by atoms with Gasteiger partial charge in [0.15, 0.2) is 0 Å². The summed E-state index contributed by atoms with van der Waals surface area (Å²) in [5, 5.41) is 5.98. The van der Waals surface area contributed by atoms with Gasteiger partial charge >= 0.3 is 0 Å². The van der Waals surface area contributed by atoms with Crippen molar-refractivity contribution in [2.75, 3.05) is 34.4 Å². The Morgan fingerprint density at radius 1 is 1.19 bits per heavy atom. The molecular formula is C14H21ClN2O4. The molecule has 0 spiro atoms. The highest BCUT2D eigenvalue weighted by Crippen LogP contribution is 2.33. The summed E-state index contributed by atoms with van der Waals surface area (Å²) in [6, 6.07) is 3.55. The highest BCUT2D eigenvalue weighted by atomic mass is 35.5. The van der Waals surface area contributed by atoms with Gasteiger partial charge < -0.3 is 24.8 Å². The molecule has 0 aliphatic carbocycles. The van der Waals surface area contributed by atoms with E-state index >= 15 is 0 Å². The number of benzene rings is 1. The van der Waals surface area contributed by atoms with Gasteiger partial charge in [-0.25, -0.2) is 0 Å². The third-order valence-electron chi connectivity index (χ3n) is 3.41. The Balaban J connectivity index is 0.00000220. The molecule has 0 atom stereocenters. The van der Waals surface area contributed by atoms with E-state index in [1.807, 2.05) is 0 Å². The van der Waals surface area contributed by atoms with E-state index in [0.29, 0.717) is 23.8 Å². The van der Waals surface area contributed by atoms with Crippen LogP contribution in [-0.2, 0) is 11.3 Å². The first-order valence-corrected chi connectivity index (χ1v) is 6.47. The Morgan fingerprint density at radius 2 is 1.76 bits per heavy atom. The molecule has 6 nitrogen and oxygen atoms in total. The number of halogens is 1. The summed E-state index contributed by atoms with van der Waals surface area (Å²) in [5.41, 5.74) is 0.802. The topological polar surface area (TPSA) is 68.8 Å². The van der Waals surface area contributed by atoms with Gasteiger partial charge in [-0.1, -0.05) is 0 Å². The molecule has 1 fully saturated rings. The van der Waals surface area contributed by atoms with E-state index in [4.69, 9.17) is 14.2 Å². The second-order valence-electron chi connectivity index (χ2n) is 4.58. The lowest BCUT2D eigenvalue weighted by Gasteiger charge is -2.26. The van der Waals surface area contributed by atoms with Crippen LogP contribution >= 0.6 is 12.4 Å². The SMILES string of the molecule is COc1cc(OC)c(CNC(=O)C2CNC2)c(OC)c1.Cl. The average molecular weight is 317 g/mol. The molecule has 118 valence electrons. The summed E-state index contributed by atoms with van der Waals surface area (Å²) in [4.78, 5) is 11.9. The second kappa shape index (κ2) is 7.95. The molecule has 1 aromatic carbocycles. The summed E-state index contributed by atoms with van der Waals surface area (Å²) < 4.78 is 15.9. The first-order valence-electron chi connectivity index (χ1n) is 6.47. The average Bonchev–Trinajstić information content (AvgIpc) is 2.42. The van der Waals surface area contributed by atoms with E-state index in [2.05, 4.69) is 10.6 Å². The zero-order chi connectivity index (χ0) is 14.5. The first kappa shape index (κ1) is 17.4. The maximum absolute atomic E-state index is 11.9. The molecule has 1 amide bonds. The summed E-state index contributed by atoms with van der Waals surface area (Å²) in [6.07, 6.45) is 0. The van der Waals surface area contributed by atoms with E-state index in [-0.39, 0.29) is 24.2 Å². The van der Waals surface area contributed by atoms with Crippen LogP contribution in [0, 0.1) is 5.92 Å². The van der Waals surface area contributed by atoms with Gasteiger partial charge in [0, 0.05) is 25.2 Å². The lowest BCUT2D eigenvalue weighted by molar-refractivity contribution is -0.126. The molecular weight excluding hydrogens is 296 g/mol. The largest absolute Gasteiger partial charge is 0.496 e. The molecule has 0 bridgehead atoms. The van der Waals surface area contributed by atoms with Crippen LogP contribution in [0.2, 0.25) is 0 Å². The highest BCUT2D eigenvalue weighted by Gasteiger charge is 2.25. The minimum absolute atomic E-state index is 0. The van der Waals surface area contributed by atoms with Crippen LogP contribution < -0.4 is 24.8 Å². The zero-order valence-electron chi connectivity index (χ0n) is 12.4. The number of nitrogens with one attached hydrogen (secondary N) is 2. The van der Waals surface area contributed by atoms with Gasteiger partial charge in [-0.3, -0.25) is 4.79 Å². The lowest BCUT2D eigenvalue weighted by Crippen LogP contribution is -2.50. The normalized spacial score (nSPS) is 13.7. The molecule has 2 N–H and O–H groups in total. The number of hydrogen-bond acceptors (Lipinski definition) is 5. The fourth-order valence-electron chi connectivity index (χ4n) is 2.05. The number of carbonyl (C=O) groups is 1. The van der Waals surface area contributed by atoms with E-state index in [1.165, 1.54) is 0 Å². The standard InChI is InChI=1S/C14H20N2O4.ClH/c1-18-10-4-12(19-2)11(13(5-10)20-3)8-16-14(17)9-6-15-7-9;/h4-5,9,15H,6-8H2,1-3H3,(H,16,17);1H. The van der Waals surface area contributed by atoms with Crippen LogP contribution in [-0.4, -0.2) is 40.3 Å². The van der Waals surface area contributed by atoms with Crippen LogP contribution in [0.5, 0.6) is 17.2 Å². The van der Waals surface area contributed by atoms with Crippen molar-refractivity contribution in [2.45, 2.75) is 6.54 Å². The monoisotopic (exact) mass is 316 g/mol. The number of rotatable bonds is 6. The highest BCUT2D eigenvalue weighted by molar-refractivity contribution is 5.85.